The van der Waals surface area contributed by atoms with Crippen LogP contribution in [-0.2, 0) is 0 Å². The SMILES string of the molecule is CNC(=O)c1cccc(NC2CCCC(C3CC3)C2)c1. The first-order valence-electron chi connectivity index (χ1n) is 7.85. The summed E-state index contributed by atoms with van der Waals surface area (Å²) in [6.07, 6.45) is 8.21. The van der Waals surface area contributed by atoms with E-state index in [9.17, 15) is 4.79 Å². The molecule has 1 aromatic carbocycles. The molecule has 3 nitrogen and oxygen atoms in total. The summed E-state index contributed by atoms with van der Waals surface area (Å²) < 4.78 is 0. The molecule has 0 heterocycles. The molecular weight excluding hydrogens is 248 g/mol. The third-order valence-electron chi connectivity index (χ3n) is 4.73. The molecule has 0 radical (unpaired) electrons. The molecule has 0 bridgehead atoms. The van der Waals surface area contributed by atoms with E-state index in [2.05, 4.69) is 16.7 Å². The lowest BCUT2D eigenvalue weighted by molar-refractivity contribution is 0.0963. The quantitative estimate of drug-likeness (QED) is 0.881. The molecule has 0 spiro atoms. The number of benzene rings is 1. The minimum absolute atomic E-state index is 0.0202. The lowest BCUT2D eigenvalue weighted by Gasteiger charge is -2.30. The fourth-order valence-electron chi connectivity index (χ4n) is 3.48. The summed E-state index contributed by atoms with van der Waals surface area (Å²) in [5.74, 6) is 1.92. The smallest absolute Gasteiger partial charge is 0.251 e. The summed E-state index contributed by atoms with van der Waals surface area (Å²) in [5.41, 5.74) is 1.81. The molecule has 2 N–H and O–H groups in total. The highest BCUT2D eigenvalue weighted by molar-refractivity contribution is 5.94. The summed E-state index contributed by atoms with van der Waals surface area (Å²) >= 11 is 0. The third-order valence-corrected chi connectivity index (χ3v) is 4.73. The molecule has 2 saturated carbocycles. The zero-order chi connectivity index (χ0) is 13.9. The number of hydrogen-bond acceptors (Lipinski definition) is 2. The molecule has 108 valence electrons. The molecule has 1 aromatic rings. The van der Waals surface area contributed by atoms with Gasteiger partial charge in [0.25, 0.3) is 5.91 Å². The van der Waals surface area contributed by atoms with Gasteiger partial charge in [-0.3, -0.25) is 4.79 Å². The number of amides is 1. The number of rotatable bonds is 4. The van der Waals surface area contributed by atoms with Crippen molar-refractivity contribution in [1.29, 1.82) is 0 Å². The second-order valence-corrected chi connectivity index (χ2v) is 6.27. The van der Waals surface area contributed by atoms with Gasteiger partial charge in [-0.15, -0.1) is 0 Å². The van der Waals surface area contributed by atoms with Crippen LogP contribution in [0, 0.1) is 11.8 Å². The van der Waals surface area contributed by atoms with Gasteiger partial charge >= 0.3 is 0 Å². The van der Waals surface area contributed by atoms with Gasteiger partial charge in [0, 0.05) is 24.3 Å². The first kappa shape index (κ1) is 13.5. The van der Waals surface area contributed by atoms with Crippen molar-refractivity contribution in [3.8, 4) is 0 Å². The van der Waals surface area contributed by atoms with Crippen LogP contribution in [0.25, 0.3) is 0 Å². The summed E-state index contributed by atoms with van der Waals surface area (Å²) in [5, 5.41) is 6.31. The molecule has 3 rings (SSSR count). The average molecular weight is 272 g/mol. The molecule has 2 unspecified atom stereocenters. The predicted molar refractivity (Wildman–Crippen MR) is 81.9 cm³/mol. The van der Waals surface area contributed by atoms with Crippen LogP contribution in [0.1, 0.15) is 48.9 Å². The Bertz CT molecular complexity index is 482. The van der Waals surface area contributed by atoms with E-state index in [1.165, 1.54) is 38.5 Å². The Kier molecular flexibility index (Phi) is 3.95. The lowest BCUT2D eigenvalue weighted by Crippen LogP contribution is -2.28. The van der Waals surface area contributed by atoms with Gasteiger partial charge in [-0.2, -0.15) is 0 Å². The Balaban J connectivity index is 1.63. The maximum absolute atomic E-state index is 11.7. The van der Waals surface area contributed by atoms with Crippen molar-refractivity contribution < 1.29 is 4.79 Å². The van der Waals surface area contributed by atoms with Crippen LogP contribution >= 0.6 is 0 Å². The van der Waals surface area contributed by atoms with Gasteiger partial charge in [0.05, 0.1) is 0 Å². The Hall–Kier alpha value is -1.51. The molecule has 0 aliphatic heterocycles. The van der Waals surface area contributed by atoms with Crippen molar-refractivity contribution in [3.63, 3.8) is 0 Å². The van der Waals surface area contributed by atoms with Crippen molar-refractivity contribution >= 4 is 11.6 Å². The third kappa shape index (κ3) is 3.14. The van der Waals surface area contributed by atoms with E-state index in [0.717, 1.165) is 23.1 Å². The fourth-order valence-corrected chi connectivity index (χ4v) is 3.48. The second-order valence-electron chi connectivity index (χ2n) is 6.27. The van der Waals surface area contributed by atoms with Gasteiger partial charge in [0.15, 0.2) is 0 Å². The van der Waals surface area contributed by atoms with Crippen LogP contribution in [0.15, 0.2) is 24.3 Å². The molecule has 2 atom stereocenters. The monoisotopic (exact) mass is 272 g/mol. The molecule has 3 heteroatoms. The van der Waals surface area contributed by atoms with Crippen molar-refractivity contribution in [1.82, 2.24) is 5.32 Å². The Morgan fingerprint density at radius 3 is 2.75 bits per heavy atom. The average Bonchev–Trinajstić information content (AvgIpc) is 3.32. The summed E-state index contributed by atoms with van der Waals surface area (Å²) in [6.45, 7) is 0. The van der Waals surface area contributed by atoms with Gasteiger partial charge < -0.3 is 10.6 Å². The van der Waals surface area contributed by atoms with Crippen molar-refractivity contribution in [2.75, 3.05) is 12.4 Å². The Morgan fingerprint density at radius 1 is 1.15 bits per heavy atom. The minimum Gasteiger partial charge on any atom is -0.382 e. The van der Waals surface area contributed by atoms with Crippen LogP contribution in [0.3, 0.4) is 0 Å². The zero-order valence-corrected chi connectivity index (χ0v) is 12.2. The molecule has 1 amide bonds. The maximum atomic E-state index is 11.7. The predicted octanol–water partition coefficient (Wildman–Crippen LogP) is 3.43. The van der Waals surface area contributed by atoms with E-state index in [1.54, 1.807) is 7.05 Å². The largest absolute Gasteiger partial charge is 0.382 e. The summed E-state index contributed by atoms with van der Waals surface area (Å²) in [4.78, 5) is 11.7. The van der Waals surface area contributed by atoms with E-state index < -0.39 is 0 Å². The Labute approximate surface area is 121 Å². The van der Waals surface area contributed by atoms with E-state index in [4.69, 9.17) is 0 Å². The van der Waals surface area contributed by atoms with Crippen molar-refractivity contribution in [2.45, 2.75) is 44.6 Å². The highest BCUT2D eigenvalue weighted by Gasteiger charge is 2.34. The van der Waals surface area contributed by atoms with Crippen LogP contribution in [0.5, 0.6) is 0 Å². The lowest BCUT2D eigenvalue weighted by atomic mass is 9.82. The highest BCUT2D eigenvalue weighted by Crippen LogP contribution is 2.44. The summed E-state index contributed by atoms with van der Waals surface area (Å²) in [7, 11) is 1.67. The number of nitrogens with one attached hydrogen (secondary N) is 2. The van der Waals surface area contributed by atoms with Crippen LogP contribution in [-0.4, -0.2) is 19.0 Å². The normalized spacial score (nSPS) is 26.1. The van der Waals surface area contributed by atoms with Crippen LogP contribution in [0.2, 0.25) is 0 Å². The summed E-state index contributed by atoms with van der Waals surface area (Å²) in [6, 6.07) is 8.41. The van der Waals surface area contributed by atoms with E-state index in [0.29, 0.717) is 6.04 Å². The van der Waals surface area contributed by atoms with E-state index in [-0.39, 0.29) is 5.91 Å². The van der Waals surface area contributed by atoms with Crippen LogP contribution < -0.4 is 10.6 Å². The van der Waals surface area contributed by atoms with Gasteiger partial charge in [-0.25, -0.2) is 0 Å². The van der Waals surface area contributed by atoms with Crippen molar-refractivity contribution in [2.24, 2.45) is 11.8 Å². The fraction of sp³-hybridized carbons (Fsp3) is 0.588. The maximum Gasteiger partial charge on any atom is 0.251 e. The molecular formula is C17H24N2O. The molecule has 0 saturated heterocycles. The molecule has 2 aliphatic carbocycles. The first-order valence-corrected chi connectivity index (χ1v) is 7.85. The van der Waals surface area contributed by atoms with Crippen molar-refractivity contribution in [3.05, 3.63) is 29.8 Å². The van der Waals surface area contributed by atoms with Gasteiger partial charge in [-0.1, -0.05) is 18.9 Å². The minimum atomic E-state index is -0.0202. The second kappa shape index (κ2) is 5.86. The van der Waals surface area contributed by atoms with Crippen LogP contribution in [0.4, 0.5) is 5.69 Å². The number of anilines is 1. The zero-order valence-electron chi connectivity index (χ0n) is 12.2. The van der Waals surface area contributed by atoms with E-state index in [1.807, 2.05) is 18.2 Å². The molecule has 2 aliphatic rings. The van der Waals surface area contributed by atoms with Gasteiger partial charge in [0.1, 0.15) is 0 Å². The van der Waals surface area contributed by atoms with Gasteiger partial charge in [-0.05, 0) is 55.7 Å². The van der Waals surface area contributed by atoms with E-state index >= 15 is 0 Å². The highest BCUT2D eigenvalue weighted by atomic mass is 16.1. The molecule has 0 aromatic heterocycles. The molecule has 2 fully saturated rings. The Morgan fingerprint density at radius 2 is 2.00 bits per heavy atom. The topological polar surface area (TPSA) is 41.1 Å². The van der Waals surface area contributed by atoms with Gasteiger partial charge in [0.2, 0.25) is 0 Å². The first-order chi connectivity index (χ1) is 9.76. The standard InChI is InChI=1S/C17H24N2O/c1-18-17(20)14-5-3-7-16(11-14)19-15-6-2-4-13(10-15)12-8-9-12/h3,5,7,11-13,15,19H,2,4,6,8-10H2,1H3,(H,18,20). The number of hydrogen-bond donors (Lipinski definition) is 2. The molecule has 20 heavy (non-hydrogen) atoms. The number of carbonyl (C=O) groups excluding carboxylic acids is 1. The number of carbonyl (C=O) groups is 1.